The molecule has 1 aromatic carbocycles. The molecule has 1 fully saturated rings. The molecule has 0 bridgehead atoms. The molecule has 1 aliphatic rings. The number of ether oxygens (including phenoxy) is 2. The van der Waals surface area contributed by atoms with Gasteiger partial charge >= 0.3 is 0 Å². The first-order valence-electron chi connectivity index (χ1n) is 20.4. The van der Waals surface area contributed by atoms with Crippen LogP contribution in [0.15, 0.2) is 41.9 Å². The molecule has 1 aromatic heterocycles. The number of aromatic nitrogens is 1. The molecule has 1 saturated heterocycles. The molecule has 0 radical (unpaired) electrons. The van der Waals surface area contributed by atoms with E-state index >= 15 is 0 Å². The molecule has 314 valence electrons. The van der Waals surface area contributed by atoms with Crippen molar-refractivity contribution in [1.82, 2.24) is 30.3 Å². The quantitative estimate of drug-likeness (QED) is 0.158. The Balaban J connectivity index is 1.79. The van der Waals surface area contributed by atoms with Crippen molar-refractivity contribution in [1.29, 1.82) is 0 Å². The molecule has 13 heteroatoms. The van der Waals surface area contributed by atoms with Crippen molar-refractivity contribution in [2.45, 2.75) is 129 Å². The molecule has 0 spiro atoms. The standard InChI is InChI=1S/C43H70N6O6S/c1-13-28(5)37(48(10)43(53)36(27(3)4)46-41(52)38(47(8)9)29(6)14-2)34(54-11)26-35(50)49-23-18-21-33(49)39(55-12)30(7)40(51)45-32(42-44-22-24-56-42)25-31-19-16-15-17-20-31/h15-17,19-20,22,24,27-30,32-34,36-39H,13-14,18,21,23,25-26H2,1-12H3,(H,45,51)(H,46,52)/t28-,29-,30+,32-,33+,34+,36-,37-,38-,39+/m0/s1. The molecule has 2 N–H and O–H groups in total. The number of likely N-dealkylation sites (N-methyl/N-ethyl adjacent to an activating group) is 2. The van der Waals surface area contributed by atoms with Crippen LogP contribution in [0.25, 0.3) is 0 Å². The van der Waals surface area contributed by atoms with Gasteiger partial charge in [-0.3, -0.25) is 24.1 Å². The monoisotopic (exact) mass is 799 g/mol. The first-order chi connectivity index (χ1) is 26.6. The van der Waals surface area contributed by atoms with Crippen molar-refractivity contribution in [2.24, 2.45) is 23.7 Å². The fraction of sp³-hybridized carbons (Fsp3) is 0.698. The van der Waals surface area contributed by atoms with Crippen LogP contribution in [-0.4, -0.2) is 122 Å². The number of rotatable bonds is 22. The van der Waals surface area contributed by atoms with Gasteiger partial charge in [0.1, 0.15) is 11.0 Å². The number of likely N-dealkylation sites (tertiary alicyclic amines) is 1. The molecule has 1 aliphatic heterocycles. The summed E-state index contributed by atoms with van der Waals surface area (Å²) in [5.41, 5.74) is 1.09. The van der Waals surface area contributed by atoms with E-state index < -0.39 is 30.2 Å². The fourth-order valence-corrected chi connectivity index (χ4v) is 8.95. The zero-order valence-electron chi connectivity index (χ0n) is 36.0. The predicted molar refractivity (Wildman–Crippen MR) is 223 cm³/mol. The number of hydrogen-bond acceptors (Lipinski definition) is 9. The van der Waals surface area contributed by atoms with Crippen LogP contribution in [0.5, 0.6) is 0 Å². The van der Waals surface area contributed by atoms with E-state index in [1.54, 1.807) is 32.4 Å². The summed E-state index contributed by atoms with van der Waals surface area (Å²) in [4.78, 5) is 66.1. The number of benzene rings is 1. The molecule has 12 nitrogen and oxygen atoms in total. The summed E-state index contributed by atoms with van der Waals surface area (Å²) in [5.74, 6) is -1.28. The van der Waals surface area contributed by atoms with Crippen LogP contribution in [0, 0.1) is 23.7 Å². The zero-order valence-corrected chi connectivity index (χ0v) is 36.8. The Kier molecular flexibility index (Phi) is 18.9. The lowest BCUT2D eigenvalue weighted by Crippen LogP contribution is -2.59. The Morgan fingerprint density at radius 1 is 0.929 bits per heavy atom. The highest BCUT2D eigenvalue weighted by Gasteiger charge is 2.43. The minimum atomic E-state index is -0.750. The van der Waals surface area contributed by atoms with Crippen molar-refractivity contribution in [3.8, 4) is 0 Å². The van der Waals surface area contributed by atoms with Crippen molar-refractivity contribution >= 4 is 35.0 Å². The average Bonchev–Trinajstić information content (AvgIpc) is 3.90. The van der Waals surface area contributed by atoms with Crippen LogP contribution in [0.3, 0.4) is 0 Å². The van der Waals surface area contributed by atoms with Crippen LogP contribution in [-0.2, 0) is 35.1 Å². The van der Waals surface area contributed by atoms with Crippen LogP contribution >= 0.6 is 11.3 Å². The molecule has 0 aliphatic carbocycles. The summed E-state index contributed by atoms with van der Waals surface area (Å²) in [6.45, 7) is 14.5. The van der Waals surface area contributed by atoms with E-state index in [1.165, 1.54) is 11.3 Å². The van der Waals surface area contributed by atoms with Crippen molar-refractivity contribution in [3.63, 3.8) is 0 Å². The highest BCUT2D eigenvalue weighted by atomic mass is 32.1. The lowest BCUT2D eigenvalue weighted by molar-refractivity contribution is -0.148. The van der Waals surface area contributed by atoms with Gasteiger partial charge in [0.25, 0.3) is 0 Å². The first kappa shape index (κ1) is 47.0. The van der Waals surface area contributed by atoms with Crippen LogP contribution in [0.4, 0.5) is 0 Å². The van der Waals surface area contributed by atoms with Crippen molar-refractivity contribution < 1.29 is 28.7 Å². The van der Waals surface area contributed by atoms with Gasteiger partial charge in [0, 0.05) is 39.4 Å². The Morgan fingerprint density at radius 2 is 1.59 bits per heavy atom. The summed E-state index contributed by atoms with van der Waals surface area (Å²) in [7, 11) is 8.71. The molecular weight excluding hydrogens is 729 g/mol. The zero-order chi connectivity index (χ0) is 41.7. The number of carbonyl (C=O) groups is 4. The van der Waals surface area contributed by atoms with Gasteiger partial charge in [0.05, 0.1) is 48.7 Å². The molecule has 10 atom stereocenters. The van der Waals surface area contributed by atoms with Gasteiger partial charge in [-0.25, -0.2) is 4.98 Å². The van der Waals surface area contributed by atoms with Gasteiger partial charge in [-0.15, -0.1) is 11.3 Å². The fourth-order valence-electron chi connectivity index (χ4n) is 8.26. The van der Waals surface area contributed by atoms with Crippen LogP contribution in [0.1, 0.15) is 97.2 Å². The van der Waals surface area contributed by atoms with Crippen molar-refractivity contribution in [2.75, 3.05) is 41.9 Å². The predicted octanol–water partition coefficient (Wildman–Crippen LogP) is 5.58. The molecule has 2 aromatic rings. The van der Waals surface area contributed by atoms with E-state index in [0.29, 0.717) is 19.4 Å². The minimum absolute atomic E-state index is 0.00802. The molecule has 0 saturated carbocycles. The van der Waals surface area contributed by atoms with Crippen LogP contribution in [0.2, 0.25) is 0 Å². The minimum Gasteiger partial charge on any atom is -0.379 e. The number of nitrogens with one attached hydrogen (secondary N) is 2. The van der Waals surface area contributed by atoms with Gasteiger partial charge in [0.2, 0.25) is 23.6 Å². The summed E-state index contributed by atoms with van der Waals surface area (Å²) >= 11 is 1.51. The number of hydrogen-bond donors (Lipinski definition) is 2. The maximum atomic E-state index is 14.3. The maximum Gasteiger partial charge on any atom is 0.245 e. The van der Waals surface area contributed by atoms with Gasteiger partial charge < -0.3 is 29.9 Å². The highest BCUT2D eigenvalue weighted by molar-refractivity contribution is 7.09. The summed E-state index contributed by atoms with van der Waals surface area (Å²) < 4.78 is 12.1. The Morgan fingerprint density at radius 3 is 2.12 bits per heavy atom. The normalized spacial score (nSPS) is 19.4. The second-order valence-corrected chi connectivity index (χ2v) is 17.2. The Labute approximate surface area is 340 Å². The topological polar surface area (TPSA) is 133 Å². The van der Waals surface area contributed by atoms with Gasteiger partial charge in [-0.1, -0.05) is 91.6 Å². The largest absolute Gasteiger partial charge is 0.379 e. The smallest absolute Gasteiger partial charge is 0.245 e. The molecule has 4 amide bonds. The van der Waals surface area contributed by atoms with E-state index in [9.17, 15) is 19.2 Å². The third-order valence-electron chi connectivity index (χ3n) is 11.8. The summed E-state index contributed by atoms with van der Waals surface area (Å²) in [6.07, 6.45) is 4.32. The van der Waals surface area contributed by atoms with Crippen LogP contribution < -0.4 is 10.6 Å². The number of methoxy groups -OCH3 is 2. The molecule has 0 unspecified atom stereocenters. The Bertz CT molecular complexity index is 1510. The average molecular weight is 799 g/mol. The van der Waals surface area contributed by atoms with Crippen molar-refractivity contribution in [3.05, 3.63) is 52.5 Å². The summed E-state index contributed by atoms with van der Waals surface area (Å²) in [6, 6.07) is 7.85. The molecule has 56 heavy (non-hydrogen) atoms. The highest BCUT2D eigenvalue weighted by Crippen LogP contribution is 2.30. The second-order valence-electron chi connectivity index (χ2n) is 16.2. The third kappa shape index (κ3) is 12.1. The van der Waals surface area contributed by atoms with E-state index in [0.717, 1.165) is 29.8 Å². The second kappa shape index (κ2) is 22.5. The lowest BCUT2D eigenvalue weighted by Gasteiger charge is -2.41. The Hall–Kier alpha value is -3.39. The van der Waals surface area contributed by atoms with E-state index in [4.69, 9.17) is 9.47 Å². The molecule has 3 rings (SSSR count). The maximum absolute atomic E-state index is 14.3. The molecule has 2 heterocycles. The number of nitrogens with zero attached hydrogens (tertiary/aromatic N) is 4. The van der Waals surface area contributed by atoms with Gasteiger partial charge in [0.15, 0.2) is 0 Å². The number of carbonyl (C=O) groups excluding carboxylic acids is 4. The number of amides is 4. The van der Waals surface area contributed by atoms with E-state index in [-0.39, 0.29) is 65.9 Å². The summed E-state index contributed by atoms with van der Waals surface area (Å²) in [5, 5.41) is 9.06. The number of thiazole rings is 1. The van der Waals surface area contributed by atoms with E-state index in [2.05, 4.69) is 36.4 Å². The SMILES string of the molecule is CC[C@H](C)[C@@H]([C@@H](CC(=O)N1CCC[C@@H]1[C@H](OC)[C@@H](C)C(=O)N[C@@H](Cc1ccccc1)c1nccs1)OC)N(C)C(=O)[C@@H](NC(=O)[C@H]([C@@H](C)CC)N(C)C)C(C)C. The van der Waals surface area contributed by atoms with Gasteiger partial charge in [-0.2, -0.15) is 0 Å². The lowest BCUT2D eigenvalue weighted by atomic mass is 9.89. The first-order valence-corrected chi connectivity index (χ1v) is 21.3. The third-order valence-corrected chi connectivity index (χ3v) is 12.7. The van der Waals surface area contributed by atoms with Gasteiger partial charge in [-0.05, 0) is 56.7 Å². The molecular formula is C43H70N6O6S. The van der Waals surface area contributed by atoms with E-state index in [1.807, 2.05) is 87.3 Å².